The number of aliphatic carboxylic acids is 1. The molecule has 1 aromatic heterocycles. The number of rotatable bonds is 4. The summed E-state index contributed by atoms with van der Waals surface area (Å²) in [7, 11) is 0. The van der Waals surface area contributed by atoms with Crippen molar-refractivity contribution in [3.63, 3.8) is 0 Å². The van der Waals surface area contributed by atoms with Gasteiger partial charge in [-0.25, -0.2) is 4.39 Å². The molecular weight excluding hydrogens is 452 g/mol. The van der Waals surface area contributed by atoms with Crippen molar-refractivity contribution in [1.29, 1.82) is 0 Å². The van der Waals surface area contributed by atoms with Crippen LogP contribution in [0.15, 0.2) is 41.2 Å². The Hall–Kier alpha value is -4.09. The molecule has 2 heterocycles. The van der Waals surface area contributed by atoms with Gasteiger partial charge in [0.1, 0.15) is 41.5 Å². The lowest BCUT2D eigenvalue weighted by Gasteiger charge is -2.29. The lowest BCUT2D eigenvalue weighted by Crippen LogP contribution is -2.39. The summed E-state index contributed by atoms with van der Waals surface area (Å²) in [4.78, 5) is 36.5. The van der Waals surface area contributed by atoms with Crippen molar-refractivity contribution >= 4 is 22.8 Å². The van der Waals surface area contributed by atoms with E-state index in [9.17, 15) is 37.1 Å². The van der Waals surface area contributed by atoms with Crippen LogP contribution in [0.1, 0.15) is 27.5 Å². The summed E-state index contributed by atoms with van der Waals surface area (Å²) in [6, 6.07) is 4.94. The molecule has 1 amide bonds. The Morgan fingerprint density at radius 1 is 1.15 bits per heavy atom. The first-order valence-electron chi connectivity index (χ1n) is 9.40. The van der Waals surface area contributed by atoms with Gasteiger partial charge in [-0.3, -0.25) is 19.0 Å². The summed E-state index contributed by atoms with van der Waals surface area (Å²) >= 11 is 0. The predicted molar refractivity (Wildman–Crippen MR) is 105 cm³/mol. The fraction of sp³-hybridized carbons (Fsp3) is 0.190. The summed E-state index contributed by atoms with van der Waals surface area (Å²) in [6.45, 7) is -1.11. The molecule has 0 radical (unpaired) electrons. The molecule has 1 unspecified atom stereocenters. The van der Waals surface area contributed by atoms with Gasteiger partial charge in [0.2, 0.25) is 0 Å². The van der Waals surface area contributed by atoms with Gasteiger partial charge in [0, 0.05) is 0 Å². The van der Waals surface area contributed by atoms with Gasteiger partial charge in [0.15, 0.2) is 0 Å². The minimum atomic E-state index is -4.59. The van der Waals surface area contributed by atoms with Crippen LogP contribution < -0.4 is 15.6 Å². The van der Waals surface area contributed by atoms with Crippen LogP contribution in [0.25, 0.3) is 10.9 Å². The molecule has 8 nitrogen and oxygen atoms in total. The van der Waals surface area contributed by atoms with Crippen LogP contribution in [0.2, 0.25) is 0 Å². The summed E-state index contributed by atoms with van der Waals surface area (Å²) in [5, 5.41) is 20.7. The van der Waals surface area contributed by atoms with Gasteiger partial charge in [-0.1, -0.05) is 12.1 Å². The predicted octanol–water partition coefficient (Wildman–Crippen LogP) is 2.66. The number of pyridine rings is 1. The molecule has 172 valence electrons. The van der Waals surface area contributed by atoms with E-state index in [-0.39, 0.29) is 23.4 Å². The zero-order valence-electron chi connectivity index (χ0n) is 16.4. The topological polar surface area (TPSA) is 118 Å². The van der Waals surface area contributed by atoms with Gasteiger partial charge in [0.25, 0.3) is 11.5 Å². The van der Waals surface area contributed by atoms with Gasteiger partial charge in [-0.2, -0.15) is 13.2 Å². The van der Waals surface area contributed by atoms with Gasteiger partial charge >= 0.3 is 12.1 Å². The first-order valence-corrected chi connectivity index (χ1v) is 9.40. The standard InChI is InChI=1S/C21H14F4N2O6/c22-11-5-6-13-17-15(11)18(30)16(19(31)26-7-14(28)29)20(32)27(17)12(8-33-13)9-1-3-10(4-2-9)21(23,24)25/h1-6,12,30H,7-8H2,(H,26,31)(H,28,29). The van der Waals surface area contributed by atoms with Crippen LogP contribution in [0, 0.1) is 5.82 Å². The molecule has 0 saturated heterocycles. The third kappa shape index (κ3) is 3.73. The van der Waals surface area contributed by atoms with Gasteiger partial charge < -0.3 is 20.3 Å². The number of hydrogen-bond donors (Lipinski definition) is 3. The quantitative estimate of drug-likeness (QED) is 0.509. The molecule has 0 spiro atoms. The molecule has 3 N–H and O–H groups in total. The van der Waals surface area contributed by atoms with E-state index < -0.39 is 64.3 Å². The highest BCUT2D eigenvalue weighted by molar-refractivity contribution is 6.04. The van der Waals surface area contributed by atoms with Crippen molar-refractivity contribution in [2.75, 3.05) is 13.2 Å². The molecule has 0 aliphatic carbocycles. The van der Waals surface area contributed by atoms with Crippen LogP contribution in [0.4, 0.5) is 17.6 Å². The van der Waals surface area contributed by atoms with E-state index in [0.717, 1.165) is 34.9 Å². The number of aromatic nitrogens is 1. The maximum Gasteiger partial charge on any atom is 0.416 e. The number of nitrogens with one attached hydrogen (secondary N) is 1. The second-order valence-corrected chi connectivity index (χ2v) is 7.19. The third-order valence-electron chi connectivity index (χ3n) is 5.20. The third-order valence-corrected chi connectivity index (χ3v) is 5.20. The molecular formula is C21H14F4N2O6. The van der Waals surface area contributed by atoms with Crippen LogP contribution in [-0.2, 0) is 11.0 Å². The highest BCUT2D eigenvalue weighted by Gasteiger charge is 2.34. The van der Waals surface area contributed by atoms with Crippen LogP contribution in [0.5, 0.6) is 11.5 Å². The van der Waals surface area contributed by atoms with E-state index >= 15 is 0 Å². The number of hydrogen-bond acceptors (Lipinski definition) is 5. The highest BCUT2D eigenvalue weighted by Crippen LogP contribution is 2.40. The number of carbonyl (C=O) groups is 2. The Morgan fingerprint density at radius 2 is 1.82 bits per heavy atom. The number of alkyl halides is 3. The van der Waals surface area contributed by atoms with E-state index in [2.05, 4.69) is 0 Å². The van der Waals surface area contributed by atoms with E-state index in [4.69, 9.17) is 9.84 Å². The van der Waals surface area contributed by atoms with E-state index in [0.29, 0.717) is 0 Å². The smallest absolute Gasteiger partial charge is 0.416 e. The van der Waals surface area contributed by atoms with E-state index in [1.807, 2.05) is 5.32 Å². The van der Waals surface area contributed by atoms with Crippen molar-refractivity contribution in [3.05, 3.63) is 69.3 Å². The number of amides is 1. The highest BCUT2D eigenvalue weighted by atomic mass is 19.4. The van der Waals surface area contributed by atoms with Crippen molar-refractivity contribution in [2.24, 2.45) is 0 Å². The number of aromatic hydroxyl groups is 1. The molecule has 1 aliphatic heterocycles. The second kappa shape index (κ2) is 7.80. The van der Waals surface area contributed by atoms with Crippen LogP contribution in [-0.4, -0.2) is 39.8 Å². The number of carboxylic acids is 1. The fourth-order valence-corrected chi connectivity index (χ4v) is 3.71. The van der Waals surface area contributed by atoms with Crippen molar-refractivity contribution in [2.45, 2.75) is 12.2 Å². The number of halogens is 4. The molecule has 12 heteroatoms. The lowest BCUT2D eigenvalue weighted by atomic mass is 10.0. The van der Waals surface area contributed by atoms with Gasteiger partial charge in [0.05, 0.1) is 17.0 Å². The monoisotopic (exact) mass is 466 g/mol. The molecule has 1 atom stereocenters. The normalized spacial score (nSPS) is 15.2. The van der Waals surface area contributed by atoms with Gasteiger partial charge in [-0.05, 0) is 29.8 Å². The fourth-order valence-electron chi connectivity index (χ4n) is 3.71. The van der Waals surface area contributed by atoms with Crippen molar-refractivity contribution < 1.29 is 42.1 Å². The molecule has 33 heavy (non-hydrogen) atoms. The molecule has 0 fully saturated rings. The molecule has 0 bridgehead atoms. The maximum atomic E-state index is 14.7. The van der Waals surface area contributed by atoms with Gasteiger partial charge in [-0.15, -0.1) is 0 Å². The number of carboxylic acid groups (broad SMARTS) is 1. The van der Waals surface area contributed by atoms with Crippen LogP contribution >= 0.6 is 0 Å². The second-order valence-electron chi connectivity index (χ2n) is 7.19. The average molecular weight is 466 g/mol. The molecule has 4 rings (SSSR count). The van der Waals surface area contributed by atoms with Crippen LogP contribution in [0.3, 0.4) is 0 Å². The van der Waals surface area contributed by atoms with Crippen molar-refractivity contribution in [1.82, 2.24) is 9.88 Å². The number of benzene rings is 2. The Bertz CT molecular complexity index is 1350. The molecule has 0 saturated carbocycles. The number of ether oxygens (including phenoxy) is 1. The average Bonchev–Trinajstić information content (AvgIpc) is 2.75. The summed E-state index contributed by atoms with van der Waals surface area (Å²) in [6.07, 6.45) is -4.59. The zero-order chi connectivity index (χ0) is 24.1. The first kappa shape index (κ1) is 22.1. The van der Waals surface area contributed by atoms with E-state index in [1.54, 1.807) is 0 Å². The molecule has 2 aromatic carbocycles. The maximum absolute atomic E-state index is 14.7. The first-order chi connectivity index (χ1) is 15.5. The molecule has 3 aromatic rings. The number of carbonyl (C=O) groups excluding carboxylic acids is 1. The summed E-state index contributed by atoms with van der Waals surface area (Å²) in [5.41, 5.74) is -2.92. The largest absolute Gasteiger partial charge is 0.506 e. The SMILES string of the molecule is O=C(O)CNC(=O)c1c(O)c2c(F)ccc3c2n(c1=O)C(c1ccc(C(F)(F)F)cc1)CO3. The Balaban J connectivity index is 1.96. The zero-order valence-corrected chi connectivity index (χ0v) is 16.4. The Kier molecular flexibility index (Phi) is 5.23. The number of nitrogens with zero attached hydrogens (tertiary/aromatic N) is 1. The minimum Gasteiger partial charge on any atom is -0.506 e. The molecule has 1 aliphatic rings. The van der Waals surface area contributed by atoms with E-state index in [1.165, 1.54) is 6.07 Å². The minimum absolute atomic E-state index is 0.0134. The van der Waals surface area contributed by atoms with Crippen molar-refractivity contribution in [3.8, 4) is 11.5 Å². The Morgan fingerprint density at radius 3 is 2.42 bits per heavy atom. The Labute approximate surface area is 181 Å². The lowest BCUT2D eigenvalue weighted by molar-refractivity contribution is -0.138. The summed E-state index contributed by atoms with van der Waals surface area (Å²) in [5.74, 6) is -4.67. The summed E-state index contributed by atoms with van der Waals surface area (Å²) < 4.78 is 60.0.